The van der Waals surface area contributed by atoms with Crippen LogP contribution >= 0.6 is 0 Å². The lowest BCUT2D eigenvalue weighted by atomic mass is 9.92. The van der Waals surface area contributed by atoms with Crippen molar-refractivity contribution in [2.24, 2.45) is 0 Å². The van der Waals surface area contributed by atoms with E-state index < -0.39 is 24.3 Å². The molecule has 2 heterocycles. The van der Waals surface area contributed by atoms with E-state index in [1.807, 2.05) is 10.6 Å². The highest BCUT2D eigenvalue weighted by molar-refractivity contribution is 6.02. The summed E-state index contributed by atoms with van der Waals surface area (Å²) in [5, 5.41) is 3.04. The maximum atomic E-state index is 13.3. The quantitative estimate of drug-likeness (QED) is 0.258. The van der Waals surface area contributed by atoms with E-state index in [1.54, 1.807) is 50.5 Å². The summed E-state index contributed by atoms with van der Waals surface area (Å²) in [5.74, 6) is -0.0987. The van der Waals surface area contributed by atoms with Gasteiger partial charge in [0.1, 0.15) is 5.75 Å². The van der Waals surface area contributed by atoms with Gasteiger partial charge in [-0.2, -0.15) is 0 Å². The second kappa shape index (κ2) is 10.4. The number of halogens is 3. The number of hydrogen-bond donors (Lipinski definition) is 2. The maximum absolute atomic E-state index is 13.3. The zero-order valence-corrected chi connectivity index (χ0v) is 21.2. The smallest absolute Gasteiger partial charge is 0.447 e. The van der Waals surface area contributed by atoms with Crippen molar-refractivity contribution in [1.29, 1.82) is 0 Å². The monoisotopic (exact) mass is 541 g/mol. The number of nitrogens with zero attached hydrogens (tertiary/aromatic N) is 3. The highest BCUT2D eigenvalue weighted by atomic mass is 19.4. The van der Waals surface area contributed by atoms with Crippen LogP contribution in [0.25, 0.3) is 22.2 Å². The molecule has 12 heteroatoms. The molecule has 1 aliphatic rings. The zero-order valence-electron chi connectivity index (χ0n) is 21.2. The highest BCUT2D eigenvalue weighted by Gasteiger charge is 2.33. The summed E-state index contributed by atoms with van der Waals surface area (Å²) in [6, 6.07) is 11.4. The Bertz CT molecular complexity index is 1500. The Kier molecular flexibility index (Phi) is 6.94. The summed E-state index contributed by atoms with van der Waals surface area (Å²) in [5.41, 5.74) is 8.52. The Labute approximate surface area is 221 Å². The minimum Gasteiger partial charge on any atom is -0.447 e. The molecule has 0 radical (unpaired) electrons. The number of carbonyl (C=O) groups is 1. The fraction of sp³-hybridized carbons (Fsp3) is 0.296. The van der Waals surface area contributed by atoms with Crippen LogP contribution in [0.5, 0.6) is 17.5 Å². The van der Waals surface area contributed by atoms with Crippen LogP contribution in [0.3, 0.4) is 0 Å². The average molecular weight is 542 g/mol. The summed E-state index contributed by atoms with van der Waals surface area (Å²) >= 11 is 0. The van der Waals surface area contributed by atoms with Crippen molar-refractivity contribution in [1.82, 2.24) is 14.5 Å². The largest absolute Gasteiger partial charge is 0.573 e. The molecule has 0 unspecified atom stereocenters. The van der Waals surface area contributed by atoms with Crippen molar-refractivity contribution in [2.45, 2.75) is 51.6 Å². The van der Waals surface area contributed by atoms with Crippen LogP contribution in [0, 0.1) is 0 Å². The zero-order chi connectivity index (χ0) is 27.7. The van der Waals surface area contributed by atoms with Gasteiger partial charge < -0.3 is 24.5 Å². The first-order valence-corrected chi connectivity index (χ1v) is 12.3. The van der Waals surface area contributed by atoms with Gasteiger partial charge in [-0.25, -0.2) is 14.8 Å². The second-order valence-corrected chi connectivity index (χ2v) is 9.37. The average Bonchev–Trinajstić information content (AvgIpc) is 3.10. The molecule has 1 aliphatic carbocycles. The Morgan fingerprint density at radius 3 is 2.51 bits per heavy atom. The molecule has 0 aliphatic heterocycles. The third-order valence-corrected chi connectivity index (χ3v) is 6.27. The molecule has 2 aromatic carbocycles. The number of nitrogens with two attached hydrogens (primary N) is 1. The van der Waals surface area contributed by atoms with Gasteiger partial charge in [0.15, 0.2) is 5.75 Å². The number of nitrogen functional groups attached to an aromatic ring is 1. The van der Waals surface area contributed by atoms with E-state index in [0.717, 1.165) is 30.2 Å². The lowest BCUT2D eigenvalue weighted by molar-refractivity contribution is -0.274. The van der Waals surface area contributed by atoms with Gasteiger partial charge in [-0.15, -0.1) is 13.2 Å². The number of amides is 1. The van der Waals surface area contributed by atoms with Crippen LogP contribution < -0.4 is 20.5 Å². The first-order chi connectivity index (χ1) is 18.6. The Morgan fingerprint density at radius 2 is 1.87 bits per heavy atom. The van der Waals surface area contributed by atoms with Crippen molar-refractivity contribution in [3.8, 4) is 28.8 Å². The van der Waals surface area contributed by atoms with Crippen molar-refractivity contribution in [3.63, 3.8) is 0 Å². The third-order valence-electron chi connectivity index (χ3n) is 6.27. The van der Waals surface area contributed by atoms with E-state index in [1.165, 1.54) is 12.1 Å². The molecule has 3 N–H and O–H groups in total. The van der Waals surface area contributed by atoms with Crippen LogP contribution in [0.15, 0.2) is 54.9 Å². The number of carbonyl (C=O) groups excluding carboxylic acids is 1. The number of nitrogens with one attached hydrogen (secondary N) is 1. The first-order valence-electron chi connectivity index (χ1n) is 12.3. The summed E-state index contributed by atoms with van der Waals surface area (Å²) in [4.78, 5) is 20.3. The van der Waals surface area contributed by atoms with Crippen LogP contribution in [0.4, 0.5) is 29.3 Å². The number of benzene rings is 2. The summed E-state index contributed by atoms with van der Waals surface area (Å²) in [6.45, 7) is 3.25. The van der Waals surface area contributed by atoms with E-state index in [2.05, 4.69) is 20.0 Å². The van der Waals surface area contributed by atoms with Gasteiger partial charge in [0.25, 0.3) is 0 Å². The molecular formula is C27H26F3N5O4. The fourth-order valence-electron chi connectivity index (χ4n) is 4.48. The van der Waals surface area contributed by atoms with Crippen molar-refractivity contribution in [2.75, 3.05) is 11.1 Å². The van der Waals surface area contributed by atoms with Crippen LogP contribution in [-0.4, -0.2) is 33.1 Å². The number of alkyl halides is 3. The highest BCUT2D eigenvalue weighted by Crippen LogP contribution is 2.46. The van der Waals surface area contributed by atoms with Gasteiger partial charge in [0.05, 0.1) is 28.7 Å². The summed E-state index contributed by atoms with van der Waals surface area (Å²) in [7, 11) is 0. The molecule has 39 heavy (non-hydrogen) atoms. The van der Waals surface area contributed by atoms with Gasteiger partial charge in [0.2, 0.25) is 0 Å². The Balaban J connectivity index is 1.60. The van der Waals surface area contributed by atoms with Crippen LogP contribution in [-0.2, 0) is 4.74 Å². The normalized spacial score (nSPS) is 13.8. The minimum absolute atomic E-state index is 0.0915. The molecule has 0 saturated heterocycles. The molecule has 0 bridgehead atoms. The van der Waals surface area contributed by atoms with Crippen molar-refractivity contribution < 1.29 is 32.2 Å². The number of hydrogen-bond acceptors (Lipinski definition) is 7. The molecule has 5 rings (SSSR count). The molecule has 204 valence electrons. The lowest BCUT2D eigenvalue weighted by Gasteiger charge is -2.30. The molecule has 1 amide bonds. The van der Waals surface area contributed by atoms with E-state index in [-0.39, 0.29) is 17.7 Å². The first kappa shape index (κ1) is 26.1. The predicted octanol–water partition coefficient (Wildman–Crippen LogP) is 7.05. The standard InChI is InChI=1S/C27H26F3N5O4/c1-15(2)37-26(36)34-20-10-7-16(13-22(20)39-27(28,29)30)24-23(31)19-9-8-18(38-25-32-11-4-12-33-25)14-21(19)35(24)17-5-3-6-17/h4,7-15,17H,3,5-6,31H2,1-2H3,(H,34,36). The molecule has 0 spiro atoms. The molecule has 2 aromatic heterocycles. The molecule has 9 nitrogen and oxygen atoms in total. The predicted molar refractivity (Wildman–Crippen MR) is 139 cm³/mol. The lowest BCUT2D eigenvalue weighted by Crippen LogP contribution is -2.21. The van der Waals surface area contributed by atoms with E-state index >= 15 is 0 Å². The molecule has 0 atom stereocenters. The van der Waals surface area contributed by atoms with E-state index in [4.69, 9.17) is 15.2 Å². The van der Waals surface area contributed by atoms with Gasteiger partial charge in [0, 0.05) is 35.5 Å². The van der Waals surface area contributed by atoms with Crippen LogP contribution in [0.1, 0.15) is 39.2 Å². The Morgan fingerprint density at radius 1 is 1.13 bits per heavy atom. The van der Waals surface area contributed by atoms with E-state index in [9.17, 15) is 18.0 Å². The number of aromatic nitrogens is 3. The van der Waals surface area contributed by atoms with E-state index in [0.29, 0.717) is 22.7 Å². The van der Waals surface area contributed by atoms with Gasteiger partial charge >= 0.3 is 18.5 Å². The fourth-order valence-corrected chi connectivity index (χ4v) is 4.48. The SMILES string of the molecule is CC(C)OC(=O)Nc1ccc(-c2c(N)c3ccc(Oc4ncccn4)cc3n2C2CCC2)cc1OC(F)(F)F. The summed E-state index contributed by atoms with van der Waals surface area (Å²) < 4.78 is 57.1. The molecule has 1 saturated carbocycles. The minimum atomic E-state index is -4.99. The number of ether oxygens (including phenoxy) is 3. The van der Waals surface area contributed by atoms with Crippen LogP contribution in [0.2, 0.25) is 0 Å². The number of rotatable bonds is 7. The Hall–Kier alpha value is -4.48. The number of fused-ring (bicyclic) bond motifs is 1. The maximum Gasteiger partial charge on any atom is 0.573 e. The third kappa shape index (κ3) is 5.69. The topological polar surface area (TPSA) is 114 Å². The summed E-state index contributed by atoms with van der Waals surface area (Å²) in [6.07, 6.45) is -0.438. The molecule has 1 fully saturated rings. The van der Waals surface area contributed by atoms with Gasteiger partial charge in [-0.3, -0.25) is 5.32 Å². The molecular weight excluding hydrogens is 515 g/mol. The molecule has 4 aromatic rings. The second-order valence-electron chi connectivity index (χ2n) is 9.37. The van der Waals surface area contributed by atoms with Gasteiger partial charge in [-0.05, 0) is 63.4 Å². The van der Waals surface area contributed by atoms with Crippen molar-refractivity contribution >= 4 is 28.4 Å². The van der Waals surface area contributed by atoms with Gasteiger partial charge in [-0.1, -0.05) is 6.07 Å². The van der Waals surface area contributed by atoms with Crippen molar-refractivity contribution in [3.05, 3.63) is 54.9 Å². The number of anilines is 2.